The summed E-state index contributed by atoms with van der Waals surface area (Å²) >= 11 is 0. The van der Waals surface area contributed by atoms with Crippen LogP contribution in [0.1, 0.15) is 12.5 Å². The molecule has 1 aliphatic rings. The van der Waals surface area contributed by atoms with Crippen molar-refractivity contribution in [3.63, 3.8) is 0 Å². The fraction of sp³-hybridized carbons (Fsp3) is 0.429. The molecule has 0 N–H and O–H groups in total. The summed E-state index contributed by atoms with van der Waals surface area (Å²) in [7, 11) is 0. The number of rotatable bonds is 3. The second-order valence-corrected chi connectivity index (χ2v) is 4.27. The van der Waals surface area contributed by atoms with Gasteiger partial charge in [0, 0.05) is 25.2 Å². The van der Waals surface area contributed by atoms with E-state index in [1.807, 2.05) is 30.3 Å². The molecule has 1 fully saturated rings. The molecule has 0 aromatic heterocycles. The van der Waals surface area contributed by atoms with E-state index in [-0.39, 0.29) is 5.83 Å². The van der Waals surface area contributed by atoms with Gasteiger partial charge in [0.05, 0.1) is 13.2 Å². The highest BCUT2D eigenvalue weighted by Gasteiger charge is 2.14. The molecule has 0 unspecified atom stereocenters. The summed E-state index contributed by atoms with van der Waals surface area (Å²) in [5.41, 5.74) is 1.76. The average Bonchev–Trinajstić information content (AvgIpc) is 2.38. The summed E-state index contributed by atoms with van der Waals surface area (Å²) in [4.78, 5) is 2.23. The molecular formula is C14H18FNO. The second kappa shape index (κ2) is 5.94. The van der Waals surface area contributed by atoms with E-state index < -0.39 is 0 Å². The first-order valence-electron chi connectivity index (χ1n) is 5.98. The minimum atomic E-state index is -0.0947. The van der Waals surface area contributed by atoms with Gasteiger partial charge in [-0.15, -0.1) is 0 Å². The lowest BCUT2D eigenvalue weighted by Gasteiger charge is -2.27. The minimum absolute atomic E-state index is 0.0947. The number of benzene rings is 1. The van der Waals surface area contributed by atoms with Crippen LogP contribution in [0, 0.1) is 0 Å². The fourth-order valence-corrected chi connectivity index (χ4v) is 2.02. The zero-order chi connectivity index (χ0) is 12.1. The van der Waals surface area contributed by atoms with Gasteiger partial charge in [-0.1, -0.05) is 30.3 Å². The Hall–Kier alpha value is -1.19. The van der Waals surface area contributed by atoms with Gasteiger partial charge in [0.1, 0.15) is 5.83 Å². The summed E-state index contributed by atoms with van der Waals surface area (Å²) in [6, 6.07) is 9.75. The van der Waals surface area contributed by atoms with Crippen LogP contribution in [0.2, 0.25) is 0 Å². The molecule has 0 saturated carbocycles. The van der Waals surface area contributed by atoms with Crippen molar-refractivity contribution < 1.29 is 9.13 Å². The molecule has 3 heteroatoms. The molecule has 2 nitrogen and oxygen atoms in total. The van der Waals surface area contributed by atoms with E-state index in [0.717, 1.165) is 37.4 Å². The molecule has 1 aromatic rings. The third-order valence-electron chi connectivity index (χ3n) is 3.02. The molecule has 2 rings (SSSR count). The van der Waals surface area contributed by atoms with Crippen LogP contribution < -0.4 is 0 Å². The third-order valence-corrected chi connectivity index (χ3v) is 3.02. The highest BCUT2D eigenvalue weighted by Crippen LogP contribution is 2.21. The van der Waals surface area contributed by atoms with Crippen molar-refractivity contribution >= 4 is 5.57 Å². The van der Waals surface area contributed by atoms with Crippen LogP contribution in [0.15, 0.2) is 36.2 Å². The Morgan fingerprint density at radius 3 is 2.47 bits per heavy atom. The number of allylic oxidation sites excluding steroid dienone is 1. The van der Waals surface area contributed by atoms with Gasteiger partial charge in [0.25, 0.3) is 0 Å². The van der Waals surface area contributed by atoms with Gasteiger partial charge in [0.15, 0.2) is 0 Å². The Morgan fingerprint density at radius 1 is 1.24 bits per heavy atom. The molecule has 1 saturated heterocycles. The van der Waals surface area contributed by atoms with Gasteiger partial charge in [-0.25, -0.2) is 4.39 Å². The Morgan fingerprint density at radius 2 is 1.88 bits per heavy atom. The van der Waals surface area contributed by atoms with Crippen LogP contribution in [0.3, 0.4) is 0 Å². The quantitative estimate of drug-likeness (QED) is 0.798. The summed E-state index contributed by atoms with van der Waals surface area (Å²) in [5.74, 6) is -0.0947. The van der Waals surface area contributed by atoms with Crippen molar-refractivity contribution in [2.24, 2.45) is 0 Å². The minimum Gasteiger partial charge on any atom is -0.379 e. The SMILES string of the molecule is CC(F)=C(CN1CCOCC1)c1ccccc1. The van der Waals surface area contributed by atoms with E-state index >= 15 is 0 Å². The molecule has 1 aliphatic heterocycles. The van der Waals surface area contributed by atoms with Crippen LogP contribution >= 0.6 is 0 Å². The number of hydrogen-bond acceptors (Lipinski definition) is 2. The zero-order valence-electron chi connectivity index (χ0n) is 10.2. The lowest BCUT2D eigenvalue weighted by atomic mass is 10.0. The first-order chi connectivity index (χ1) is 8.27. The number of ether oxygens (including phenoxy) is 1. The highest BCUT2D eigenvalue weighted by molar-refractivity contribution is 5.68. The van der Waals surface area contributed by atoms with Gasteiger partial charge in [-0.2, -0.15) is 0 Å². The van der Waals surface area contributed by atoms with E-state index in [0.29, 0.717) is 6.54 Å². The van der Waals surface area contributed by atoms with Crippen LogP contribution in [0.5, 0.6) is 0 Å². The summed E-state index contributed by atoms with van der Waals surface area (Å²) in [5, 5.41) is 0. The first-order valence-corrected chi connectivity index (χ1v) is 5.98. The van der Waals surface area contributed by atoms with Crippen LogP contribution in [-0.2, 0) is 4.74 Å². The third kappa shape index (κ3) is 3.38. The molecule has 1 heterocycles. The summed E-state index contributed by atoms with van der Waals surface area (Å²) < 4.78 is 18.9. The summed E-state index contributed by atoms with van der Waals surface area (Å²) in [6.45, 7) is 5.44. The van der Waals surface area contributed by atoms with Crippen LogP contribution in [0.4, 0.5) is 4.39 Å². The van der Waals surface area contributed by atoms with Gasteiger partial charge in [-0.05, 0) is 12.5 Å². The maximum absolute atomic E-state index is 13.6. The summed E-state index contributed by atoms with van der Waals surface area (Å²) in [6.07, 6.45) is 0. The predicted octanol–water partition coefficient (Wildman–Crippen LogP) is 2.72. The Balaban J connectivity index is 2.11. The molecule has 0 bridgehead atoms. The van der Waals surface area contributed by atoms with Crippen LogP contribution in [-0.4, -0.2) is 37.7 Å². The second-order valence-electron chi connectivity index (χ2n) is 4.27. The largest absolute Gasteiger partial charge is 0.379 e. The molecule has 17 heavy (non-hydrogen) atoms. The van der Waals surface area contributed by atoms with E-state index in [1.165, 1.54) is 6.92 Å². The molecule has 0 atom stereocenters. The smallest absolute Gasteiger partial charge is 0.102 e. The average molecular weight is 235 g/mol. The maximum atomic E-state index is 13.6. The topological polar surface area (TPSA) is 12.5 Å². The van der Waals surface area contributed by atoms with Crippen molar-refractivity contribution in [3.8, 4) is 0 Å². The number of nitrogens with zero attached hydrogens (tertiary/aromatic N) is 1. The Kier molecular flexibility index (Phi) is 4.29. The molecular weight excluding hydrogens is 217 g/mol. The highest BCUT2D eigenvalue weighted by atomic mass is 19.1. The Labute approximate surface area is 102 Å². The van der Waals surface area contributed by atoms with Crippen molar-refractivity contribution in [2.45, 2.75) is 6.92 Å². The molecule has 0 spiro atoms. The van der Waals surface area contributed by atoms with Gasteiger partial charge in [-0.3, -0.25) is 4.90 Å². The Bertz CT molecular complexity index is 378. The molecule has 0 aliphatic carbocycles. The predicted molar refractivity (Wildman–Crippen MR) is 67.4 cm³/mol. The van der Waals surface area contributed by atoms with Gasteiger partial charge >= 0.3 is 0 Å². The molecule has 1 aromatic carbocycles. The van der Waals surface area contributed by atoms with E-state index in [2.05, 4.69) is 4.90 Å². The number of hydrogen-bond donors (Lipinski definition) is 0. The van der Waals surface area contributed by atoms with Crippen molar-refractivity contribution in [3.05, 3.63) is 41.7 Å². The van der Waals surface area contributed by atoms with Crippen molar-refractivity contribution in [1.29, 1.82) is 0 Å². The van der Waals surface area contributed by atoms with E-state index in [1.54, 1.807) is 0 Å². The molecule has 0 radical (unpaired) electrons. The molecule has 0 amide bonds. The van der Waals surface area contributed by atoms with Crippen molar-refractivity contribution in [1.82, 2.24) is 4.90 Å². The standard InChI is InChI=1S/C14H18FNO/c1-12(15)14(13-5-3-2-4-6-13)11-16-7-9-17-10-8-16/h2-6H,7-11H2,1H3. The monoisotopic (exact) mass is 235 g/mol. The number of morpholine rings is 1. The lowest BCUT2D eigenvalue weighted by Crippen LogP contribution is -2.37. The van der Waals surface area contributed by atoms with Crippen LogP contribution in [0.25, 0.3) is 5.57 Å². The molecule has 92 valence electrons. The maximum Gasteiger partial charge on any atom is 0.102 e. The van der Waals surface area contributed by atoms with Gasteiger partial charge < -0.3 is 4.74 Å². The van der Waals surface area contributed by atoms with Gasteiger partial charge in [0.2, 0.25) is 0 Å². The normalized spacial score (nSPS) is 18.9. The van der Waals surface area contributed by atoms with Crippen molar-refractivity contribution in [2.75, 3.05) is 32.8 Å². The van der Waals surface area contributed by atoms with E-state index in [9.17, 15) is 4.39 Å². The lowest BCUT2D eigenvalue weighted by molar-refractivity contribution is 0.0442. The van der Waals surface area contributed by atoms with E-state index in [4.69, 9.17) is 4.74 Å². The first kappa shape index (κ1) is 12.3. The number of halogens is 1. The zero-order valence-corrected chi connectivity index (χ0v) is 10.2. The fourth-order valence-electron chi connectivity index (χ4n) is 2.02.